The fraction of sp³-hybridized carbons (Fsp3) is 0.857. The van der Waals surface area contributed by atoms with Gasteiger partial charge < -0.3 is 5.73 Å². The Kier molecular flexibility index (Phi) is 5.41. The fourth-order valence-electron chi connectivity index (χ4n) is 0.861. The van der Waals surface area contributed by atoms with Crippen LogP contribution >= 0.6 is 12.2 Å². The zero-order valence-corrected chi connectivity index (χ0v) is 8.88. The minimum Gasteiger partial charge on any atom is -0.392 e. The average Bonchev–Trinajstić information content (AvgIpc) is 1.84. The molecule has 0 radical (unpaired) electrons. The summed E-state index contributed by atoms with van der Waals surface area (Å²) in [6.07, 6.45) is 2.67. The number of unbranched alkanes of at least 4 members (excludes halogenated alkanes) is 2. The van der Waals surface area contributed by atoms with Gasteiger partial charge in [0.1, 0.15) is 5.75 Å². The lowest BCUT2D eigenvalue weighted by Crippen LogP contribution is -2.23. The number of sulfone groups is 1. The summed E-state index contributed by atoms with van der Waals surface area (Å²) in [5.41, 5.74) is 5.14. The van der Waals surface area contributed by atoms with Crippen LogP contribution in [0.1, 0.15) is 26.2 Å². The molecule has 0 bridgehead atoms. The molecule has 3 nitrogen and oxygen atoms in total. The van der Waals surface area contributed by atoms with Gasteiger partial charge in [-0.2, -0.15) is 0 Å². The zero-order valence-electron chi connectivity index (χ0n) is 7.25. The smallest absolute Gasteiger partial charge is 0.156 e. The Labute approximate surface area is 79.3 Å². The predicted octanol–water partition coefficient (Wildman–Crippen LogP) is 0.878. The molecule has 0 atom stereocenters. The van der Waals surface area contributed by atoms with Gasteiger partial charge >= 0.3 is 0 Å². The van der Waals surface area contributed by atoms with E-state index in [9.17, 15) is 8.42 Å². The monoisotopic (exact) mass is 209 g/mol. The highest BCUT2D eigenvalue weighted by atomic mass is 32.2. The second-order valence-corrected chi connectivity index (χ2v) is 5.47. The summed E-state index contributed by atoms with van der Waals surface area (Å²) >= 11 is 4.52. The Morgan fingerprint density at radius 2 is 2.00 bits per heavy atom. The van der Waals surface area contributed by atoms with E-state index >= 15 is 0 Å². The molecule has 0 unspecified atom stereocenters. The molecule has 5 heteroatoms. The maximum Gasteiger partial charge on any atom is 0.156 e. The molecule has 0 aliphatic carbocycles. The summed E-state index contributed by atoms with van der Waals surface area (Å²) in [5, 5.41) is 0. The van der Waals surface area contributed by atoms with E-state index in [0.717, 1.165) is 12.8 Å². The Morgan fingerprint density at radius 1 is 1.42 bits per heavy atom. The summed E-state index contributed by atoms with van der Waals surface area (Å²) < 4.78 is 22.3. The first-order valence-corrected chi connectivity index (χ1v) is 6.19. The SMILES string of the molecule is CCCCCS(=O)(=O)CC(N)=S. The Hall–Kier alpha value is -0.160. The van der Waals surface area contributed by atoms with E-state index in [0.29, 0.717) is 6.42 Å². The molecule has 0 rings (SSSR count). The lowest BCUT2D eigenvalue weighted by atomic mass is 10.3. The molecular formula is C7H15NO2S2. The summed E-state index contributed by atoms with van der Waals surface area (Å²) in [7, 11) is -3.02. The van der Waals surface area contributed by atoms with Crippen LogP contribution in [-0.2, 0) is 9.84 Å². The van der Waals surface area contributed by atoms with Gasteiger partial charge in [-0.15, -0.1) is 0 Å². The van der Waals surface area contributed by atoms with Gasteiger partial charge in [-0.05, 0) is 6.42 Å². The molecule has 0 saturated heterocycles. The van der Waals surface area contributed by atoms with Gasteiger partial charge in [-0.1, -0.05) is 32.0 Å². The minimum absolute atomic E-state index is 0.0616. The highest BCUT2D eigenvalue weighted by molar-refractivity contribution is 7.93. The lowest BCUT2D eigenvalue weighted by molar-refractivity contribution is 0.595. The topological polar surface area (TPSA) is 60.2 Å². The number of rotatable bonds is 6. The number of hydrogen-bond acceptors (Lipinski definition) is 3. The van der Waals surface area contributed by atoms with Crippen molar-refractivity contribution in [1.29, 1.82) is 0 Å². The van der Waals surface area contributed by atoms with Crippen molar-refractivity contribution in [3.05, 3.63) is 0 Å². The van der Waals surface area contributed by atoms with Crippen molar-refractivity contribution in [3.8, 4) is 0 Å². The van der Waals surface area contributed by atoms with Crippen LogP contribution in [0.4, 0.5) is 0 Å². The predicted molar refractivity (Wildman–Crippen MR) is 55.0 cm³/mol. The number of hydrogen-bond donors (Lipinski definition) is 1. The van der Waals surface area contributed by atoms with Gasteiger partial charge in [0.15, 0.2) is 9.84 Å². The van der Waals surface area contributed by atoms with E-state index in [4.69, 9.17) is 5.73 Å². The van der Waals surface area contributed by atoms with Gasteiger partial charge in [0.05, 0.1) is 10.7 Å². The first kappa shape index (κ1) is 11.8. The first-order chi connectivity index (χ1) is 5.48. The minimum atomic E-state index is -3.02. The molecule has 0 aliphatic heterocycles. The van der Waals surface area contributed by atoms with Gasteiger partial charge in [0, 0.05) is 0 Å². The van der Waals surface area contributed by atoms with E-state index in [1.54, 1.807) is 0 Å². The second-order valence-electron chi connectivity index (χ2n) is 2.77. The molecule has 0 aromatic rings. The van der Waals surface area contributed by atoms with E-state index in [1.165, 1.54) is 0 Å². The third-order valence-electron chi connectivity index (χ3n) is 1.42. The Balaban J connectivity index is 3.81. The number of nitrogens with two attached hydrogens (primary N) is 1. The van der Waals surface area contributed by atoms with Gasteiger partial charge in [-0.25, -0.2) is 8.42 Å². The van der Waals surface area contributed by atoms with E-state index < -0.39 is 9.84 Å². The van der Waals surface area contributed by atoms with E-state index in [1.807, 2.05) is 6.92 Å². The molecule has 12 heavy (non-hydrogen) atoms. The van der Waals surface area contributed by atoms with Crippen molar-refractivity contribution in [2.75, 3.05) is 11.5 Å². The van der Waals surface area contributed by atoms with Crippen molar-refractivity contribution in [2.45, 2.75) is 26.2 Å². The van der Waals surface area contributed by atoms with Crippen LogP contribution in [-0.4, -0.2) is 24.9 Å². The molecule has 0 aromatic heterocycles. The highest BCUT2D eigenvalue weighted by Gasteiger charge is 2.10. The molecule has 0 amide bonds. The van der Waals surface area contributed by atoms with Crippen molar-refractivity contribution < 1.29 is 8.42 Å². The van der Waals surface area contributed by atoms with Crippen molar-refractivity contribution >= 4 is 27.0 Å². The van der Waals surface area contributed by atoms with Crippen LogP contribution < -0.4 is 5.73 Å². The van der Waals surface area contributed by atoms with Gasteiger partial charge in [-0.3, -0.25) is 0 Å². The molecule has 0 saturated carbocycles. The Morgan fingerprint density at radius 3 is 2.42 bits per heavy atom. The van der Waals surface area contributed by atoms with Crippen molar-refractivity contribution in [1.82, 2.24) is 0 Å². The van der Waals surface area contributed by atoms with Crippen LogP contribution in [0.2, 0.25) is 0 Å². The third kappa shape index (κ3) is 6.54. The third-order valence-corrected chi connectivity index (χ3v) is 3.41. The summed E-state index contributed by atoms with van der Waals surface area (Å²) in [6, 6.07) is 0. The van der Waals surface area contributed by atoms with Crippen LogP contribution in [0.5, 0.6) is 0 Å². The second kappa shape index (κ2) is 5.48. The normalized spacial score (nSPS) is 11.4. The standard InChI is InChI=1S/C7H15NO2S2/c1-2-3-4-5-12(9,10)6-7(8)11/h2-6H2,1H3,(H2,8,11). The molecule has 0 aromatic carbocycles. The van der Waals surface area contributed by atoms with Crippen LogP contribution in [0, 0.1) is 0 Å². The maximum atomic E-state index is 11.1. The average molecular weight is 209 g/mol. The van der Waals surface area contributed by atoms with E-state index in [-0.39, 0.29) is 16.5 Å². The van der Waals surface area contributed by atoms with E-state index in [2.05, 4.69) is 12.2 Å². The number of thiocarbonyl (C=S) groups is 1. The maximum absolute atomic E-state index is 11.1. The summed E-state index contributed by atoms with van der Waals surface area (Å²) in [5.74, 6) is 0.0597. The summed E-state index contributed by atoms with van der Waals surface area (Å²) in [6.45, 7) is 2.03. The lowest BCUT2D eigenvalue weighted by Gasteiger charge is -2.01. The highest BCUT2D eigenvalue weighted by Crippen LogP contribution is 1.99. The van der Waals surface area contributed by atoms with Gasteiger partial charge in [0.25, 0.3) is 0 Å². The first-order valence-electron chi connectivity index (χ1n) is 3.96. The van der Waals surface area contributed by atoms with Crippen LogP contribution in [0.25, 0.3) is 0 Å². The van der Waals surface area contributed by atoms with Crippen LogP contribution in [0.15, 0.2) is 0 Å². The zero-order chi connectivity index (χ0) is 9.61. The van der Waals surface area contributed by atoms with Crippen molar-refractivity contribution in [3.63, 3.8) is 0 Å². The molecule has 0 heterocycles. The van der Waals surface area contributed by atoms with Crippen molar-refractivity contribution in [2.24, 2.45) is 5.73 Å². The Bertz CT molecular complexity index is 234. The molecule has 0 aliphatic rings. The molecular weight excluding hydrogens is 194 g/mol. The molecule has 72 valence electrons. The molecule has 2 N–H and O–H groups in total. The van der Waals surface area contributed by atoms with Gasteiger partial charge in [0.2, 0.25) is 0 Å². The van der Waals surface area contributed by atoms with Crippen LogP contribution in [0.3, 0.4) is 0 Å². The quantitative estimate of drug-likeness (QED) is 0.521. The largest absolute Gasteiger partial charge is 0.392 e. The molecule has 0 fully saturated rings. The summed E-state index contributed by atoms with van der Waals surface area (Å²) in [4.78, 5) is 0.0616. The fourth-order valence-corrected chi connectivity index (χ4v) is 2.62. The molecule has 0 spiro atoms.